The first-order valence-corrected chi connectivity index (χ1v) is 8.95. The minimum atomic E-state index is -1.01. The molecule has 3 N–H and O–H groups in total. The molecule has 2 amide bonds. The van der Waals surface area contributed by atoms with Gasteiger partial charge in [-0.25, -0.2) is 4.79 Å². The number of carbonyl (C=O) groups is 3. The molecule has 0 fully saturated rings. The van der Waals surface area contributed by atoms with Gasteiger partial charge < -0.3 is 15.7 Å². The zero-order chi connectivity index (χ0) is 19.1. The third-order valence-electron chi connectivity index (χ3n) is 3.50. The number of carbonyl (C=O) groups excluding carboxylic acids is 2. The highest BCUT2D eigenvalue weighted by molar-refractivity contribution is 8.00. The van der Waals surface area contributed by atoms with Crippen molar-refractivity contribution in [1.82, 2.24) is 0 Å². The summed E-state index contributed by atoms with van der Waals surface area (Å²) in [7, 11) is 0. The molecule has 136 valence electrons. The first kappa shape index (κ1) is 19.5. The lowest BCUT2D eigenvalue weighted by Gasteiger charge is -2.15. The zero-order valence-electron chi connectivity index (χ0n) is 14.5. The number of thioether (sulfide) groups is 1. The number of carboxylic acid groups (broad SMARTS) is 1. The van der Waals surface area contributed by atoms with Gasteiger partial charge in [0.25, 0.3) is 0 Å². The van der Waals surface area contributed by atoms with Gasteiger partial charge in [-0.2, -0.15) is 0 Å². The van der Waals surface area contributed by atoms with Crippen LogP contribution in [0.1, 0.15) is 30.6 Å². The smallest absolute Gasteiger partial charge is 0.335 e. The second-order valence-electron chi connectivity index (χ2n) is 5.60. The molecule has 1 atom stereocenters. The predicted molar refractivity (Wildman–Crippen MR) is 103 cm³/mol. The summed E-state index contributed by atoms with van der Waals surface area (Å²) in [5, 5.41) is 14.1. The Kier molecular flexibility index (Phi) is 6.80. The number of hydrogen-bond donors (Lipinski definition) is 3. The van der Waals surface area contributed by atoms with Gasteiger partial charge >= 0.3 is 5.97 Å². The van der Waals surface area contributed by atoms with Gasteiger partial charge in [-0.3, -0.25) is 9.59 Å². The van der Waals surface area contributed by atoms with E-state index in [4.69, 9.17) is 5.11 Å². The van der Waals surface area contributed by atoms with E-state index in [1.807, 2.05) is 25.1 Å². The van der Waals surface area contributed by atoms with Crippen molar-refractivity contribution in [3.8, 4) is 0 Å². The molecule has 0 bridgehead atoms. The number of amides is 2. The SMILES string of the molecule is CCC(Sc1cccc(NC(C)=O)c1)C(=O)Nc1ccc(C(=O)O)cc1. The molecule has 0 aliphatic carbocycles. The molecule has 0 aliphatic heterocycles. The summed E-state index contributed by atoms with van der Waals surface area (Å²) < 4.78 is 0. The van der Waals surface area contributed by atoms with E-state index in [1.165, 1.54) is 30.8 Å². The van der Waals surface area contributed by atoms with Crippen molar-refractivity contribution < 1.29 is 19.5 Å². The van der Waals surface area contributed by atoms with E-state index in [9.17, 15) is 14.4 Å². The number of hydrogen-bond acceptors (Lipinski definition) is 4. The molecular formula is C19H20N2O4S. The Bertz CT molecular complexity index is 805. The Balaban J connectivity index is 2.04. The normalized spacial score (nSPS) is 11.5. The average Bonchev–Trinajstić information content (AvgIpc) is 2.59. The molecule has 2 rings (SSSR count). The van der Waals surface area contributed by atoms with Gasteiger partial charge in [0.05, 0.1) is 10.8 Å². The molecule has 6 nitrogen and oxygen atoms in total. The van der Waals surface area contributed by atoms with E-state index in [-0.39, 0.29) is 22.6 Å². The van der Waals surface area contributed by atoms with Crippen LogP contribution in [-0.2, 0) is 9.59 Å². The predicted octanol–water partition coefficient (Wildman–Crippen LogP) is 3.85. The second-order valence-corrected chi connectivity index (χ2v) is 6.87. The number of carboxylic acids is 1. The Labute approximate surface area is 156 Å². The quantitative estimate of drug-likeness (QED) is 0.642. The lowest BCUT2D eigenvalue weighted by molar-refractivity contribution is -0.116. The van der Waals surface area contributed by atoms with Gasteiger partial charge in [-0.1, -0.05) is 13.0 Å². The van der Waals surface area contributed by atoms with Crippen LogP contribution in [0.15, 0.2) is 53.4 Å². The largest absolute Gasteiger partial charge is 0.478 e. The molecule has 0 saturated heterocycles. The van der Waals surface area contributed by atoms with Gasteiger partial charge in [0.2, 0.25) is 11.8 Å². The van der Waals surface area contributed by atoms with Gasteiger partial charge in [0, 0.05) is 23.2 Å². The van der Waals surface area contributed by atoms with Crippen molar-refractivity contribution in [2.24, 2.45) is 0 Å². The first-order valence-electron chi connectivity index (χ1n) is 8.07. The molecule has 2 aromatic carbocycles. The number of benzene rings is 2. The molecular weight excluding hydrogens is 352 g/mol. The summed E-state index contributed by atoms with van der Waals surface area (Å²) in [5.74, 6) is -1.32. The highest BCUT2D eigenvalue weighted by Gasteiger charge is 2.18. The zero-order valence-corrected chi connectivity index (χ0v) is 15.3. The molecule has 0 aromatic heterocycles. The average molecular weight is 372 g/mol. The van der Waals surface area contributed by atoms with Gasteiger partial charge in [-0.15, -0.1) is 11.8 Å². The van der Waals surface area contributed by atoms with Crippen molar-refractivity contribution >= 4 is 40.9 Å². The lowest BCUT2D eigenvalue weighted by atomic mass is 10.2. The Morgan fingerprint density at radius 2 is 1.73 bits per heavy atom. The van der Waals surface area contributed by atoms with Crippen LogP contribution >= 0.6 is 11.8 Å². The summed E-state index contributed by atoms with van der Waals surface area (Å²) in [4.78, 5) is 35.4. The van der Waals surface area contributed by atoms with E-state index in [2.05, 4.69) is 10.6 Å². The molecule has 0 aliphatic rings. The summed E-state index contributed by atoms with van der Waals surface area (Å²) in [6.45, 7) is 3.36. The maximum absolute atomic E-state index is 12.5. The minimum Gasteiger partial charge on any atom is -0.478 e. The van der Waals surface area contributed by atoms with Crippen molar-refractivity contribution in [3.05, 3.63) is 54.1 Å². The lowest BCUT2D eigenvalue weighted by Crippen LogP contribution is -2.24. The summed E-state index contributed by atoms with van der Waals surface area (Å²) in [5.41, 5.74) is 1.40. The van der Waals surface area contributed by atoms with E-state index < -0.39 is 5.97 Å². The van der Waals surface area contributed by atoms with E-state index >= 15 is 0 Å². The van der Waals surface area contributed by atoms with Crippen LogP contribution in [0.5, 0.6) is 0 Å². The number of rotatable bonds is 7. The number of anilines is 2. The number of aromatic carboxylic acids is 1. The second kappa shape index (κ2) is 9.05. The summed E-state index contributed by atoms with van der Waals surface area (Å²) in [6, 6.07) is 13.3. The van der Waals surface area contributed by atoms with Crippen molar-refractivity contribution in [1.29, 1.82) is 0 Å². The van der Waals surface area contributed by atoms with Crippen molar-refractivity contribution in [2.75, 3.05) is 10.6 Å². The van der Waals surface area contributed by atoms with Crippen LogP contribution in [0, 0.1) is 0 Å². The molecule has 0 radical (unpaired) electrons. The maximum atomic E-state index is 12.5. The van der Waals surface area contributed by atoms with Gasteiger partial charge in [0.1, 0.15) is 0 Å². The van der Waals surface area contributed by atoms with E-state index in [1.54, 1.807) is 18.2 Å². The molecule has 1 unspecified atom stereocenters. The molecule has 7 heteroatoms. The molecule has 2 aromatic rings. The van der Waals surface area contributed by atoms with Crippen LogP contribution in [-0.4, -0.2) is 28.1 Å². The Hall–Kier alpha value is -2.80. The highest BCUT2D eigenvalue weighted by atomic mass is 32.2. The van der Waals surface area contributed by atoms with E-state index in [0.29, 0.717) is 17.8 Å². The van der Waals surface area contributed by atoms with Crippen LogP contribution in [0.3, 0.4) is 0 Å². The fourth-order valence-electron chi connectivity index (χ4n) is 2.26. The molecule has 26 heavy (non-hydrogen) atoms. The maximum Gasteiger partial charge on any atom is 0.335 e. The van der Waals surface area contributed by atoms with Crippen LogP contribution in [0.25, 0.3) is 0 Å². The highest BCUT2D eigenvalue weighted by Crippen LogP contribution is 2.28. The fraction of sp³-hybridized carbons (Fsp3) is 0.211. The molecule has 0 spiro atoms. The van der Waals surface area contributed by atoms with Crippen LogP contribution in [0.4, 0.5) is 11.4 Å². The first-order chi connectivity index (χ1) is 12.4. The standard InChI is InChI=1S/C19H20N2O4S/c1-3-17(26-16-6-4-5-15(11-16)20-12(2)22)18(23)21-14-9-7-13(8-10-14)19(24)25/h4-11,17H,3H2,1-2H3,(H,20,22)(H,21,23)(H,24,25). The van der Waals surface area contributed by atoms with Gasteiger partial charge in [-0.05, 0) is 48.9 Å². The monoisotopic (exact) mass is 372 g/mol. The summed E-state index contributed by atoms with van der Waals surface area (Å²) in [6.07, 6.45) is 0.619. The van der Waals surface area contributed by atoms with Crippen LogP contribution in [0.2, 0.25) is 0 Å². The summed E-state index contributed by atoms with van der Waals surface area (Å²) >= 11 is 1.41. The Morgan fingerprint density at radius 3 is 2.31 bits per heavy atom. The van der Waals surface area contributed by atoms with Crippen molar-refractivity contribution in [3.63, 3.8) is 0 Å². The third kappa shape index (κ3) is 5.63. The fourth-order valence-corrected chi connectivity index (χ4v) is 3.27. The molecule has 0 heterocycles. The van der Waals surface area contributed by atoms with Gasteiger partial charge in [0.15, 0.2) is 0 Å². The molecule has 0 saturated carbocycles. The van der Waals surface area contributed by atoms with Crippen molar-refractivity contribution in [2.45, 2.75) is 30.4 Å². The number of nitrogens with one attached hydrogen (secondary N) is 2. The van der Waals surface area contributed by atoms with E-state index in [0.717, 1.165) is 4.90 Å². The third-order valence-corrected chi connectivity index (χ3v) is 4.85. The Morgan fingerprint density at radius 1 is 1.04 bits per heavy atom. The van der Waals surface area contributed by atoms with Crippen LogP contribution < -0.4 is 10.6 Å². The topological polar surface area (TPSA) is 95.5 Å². The minimum absolute atomic E-state index is 0.151.